The number of nitrogens with one attached hydrogen (secondary N) is 1. The molecule has 2 aromatic carbocycles. The van der Waals surface area contributed by atoms with E-state index in [1.165, 1.54) is 6.07 Å². The van der Waals surface area contributed by atoms with Crippen LogP contribution in [0, 0.1) is 12.7 Å². The van der Waals surface area contributed by atoms with E-state index in [9.17, 15) is 9.18 Å². The standard InChI is InChI=1S/C20H23FN2O.ClH/c1-14-3-5-15(6-4-14)16-7-8-18(19(21)13-16)20(24)23(2)17-9-11-22-12-10-17;/h3-8,13,17,22H,9-12H2,1-2H3;1H. The maximum absolute atomic E-state index is 14.5. The van der Waals surface area contributed by atoms with Crippen molar-refractivity contribution in [1.29, 1.82) is 0 Å². The molecule has 0 radical (unpaired) electrons. The summed E-state index contributed by atoms with van der Waals surface area (Å²) in [6.07, 6.45) is 1.82. The summed E-state index contributed by atoms with van der Waals surface area (Å²) in [5, 5.41) is 3.28. The van der Waals surface area contributed by atoms with Crippen LogP contribution in [-0.4, -0.2) is 37.0 Å². The monoisotopic (exact) mass is 362 g/mol. The number of piperidine rings is 1. The first kappa shape index (κ1) is 19.4. The Balaban J connectivity index is 0.00000225. The number of benzene rings is 2. The molecule has 1 amide bonds. The molecule has 0 saturated carbocycles. The number of rotatable bonds is 3. The molecule has 134 valence electrons. The van der Waals surface area contributed by atoms with Crippen molar-refractivity contribution < 1.29 is 9.18 Å². The molecule has 0 aromatic heterocycles. The van der Waals surface area contributed by atoms with Crippen molar-refractivity contribution >= 4 is 18.3 Å². The Kier molecular flexibility index (Phi) is 6.57. The van der Waals surface area contributed by atoms with E-state index >= 15 is 0 Å². The van der Waals surface area contributed by atoms with Crippen molar-refractivity contribution in [3.8, 4) is 11.1 Å². The number of hydrogen-bond acceptors (Lipinski definition) is 2. The second-order valence-corrected chi connectivity index (χ2v) is 6.46. The summed E-state index contributed by atoms with van der Waals surface area (Å²) in [5.74, 6) is -0.700. The predicted octanol–water partition coefficient (Wildman–Crippen LogP) is 4.05. The second-order valence-electron chi connectivity index (χ2n) is 6.46. The molecule has 0 aliphatic carbocycles. The molecule has 0 bridgehead atoms. The number of carbonyl (C=O) groups excluding carboxylic acids is 1. The van der Waals surface area contributed by atoms with E-state index in [2.05, 4.69) is 5.32 Å². The van der Waals surface area contributed by atoms with Gasteiger partial charge in [-0.3, -0.25) is 4.79 Å². The van der Waals surface area contributed by atoms with Gasteiger partial charge in [-0.2, -0.15) is 0 Å². The molecule has 5 heteroatoms. The maximum atomic E-state index is 14.5. The molecular weight excluding hydrogens is 339 g/mol. The number of aryl methyl sites for hydroxylation is 1. The van der Waals surface area contributed by atoms with Gasteiger partial charge >= 0.3 is 0 Å². The average Bonchev–Trinajstić information content (AvgIpc) is 2.62. The van der Waals surface area contributed by atoms with Crippen LogP contribution in [0.15, 0.2) is 42.5 Å². The summed E-state index contributed by atoms with van der Waals surface area (Å²) in [7, 11) is 1.77. The Morgan fingerprint density at radius 3 is 2.28 bits per heavy atom. The van der Waals surface area contributed by atoms with Gasteiger partial charge in [0.25, 0.3) is 5.91 Å². The first-order valence-corrected chi connectivity index (χ1v) is 8.41. The third kappa shape index (κ3) is 4.39. The molecular formula is C20H24ClFN2O. The molecule has 1 heterocycles. The van der Waals surface area contributed by atoms with E-state index < -0.39 is 5.82 Å². The van der Waals surface area contributed by atoms with Crippen LogP contribution < -0.4 is 5.32 Å². The minimum absolute atomic E-state index is 0. The summed E-state index contributed by atoms with van der Waals surface area (Å²) >= 11 is 0. The quantitative estimate of drug-likeness (QED) is 0.893. The molecule has 0 spiro atoms. The van der Waals surface area contributed by atoms with E-state index in [1.807, 2.05) is 37.3 Å². The van der Waals surface area contributed by atoms with Gasteiger partial charge in [0.15, 0.2) is 0 Å². The Morgan fingerprint density at radius 1 is 1.08 bits per heavy atom. The Labute approximate surface area is 154 Å². The lowest BCUT2D eigenvalue weighted by atomic mass is 10.0. The fraction of sp³-hybridized carbons (Fsp3) is 0.350. The Morgan fingerprint density at radius 2 is 1.68 bits per heavy atom. The first-order valence-electron chi connectivity index (χ1n) is 8.41. The summed E-state index contributed by atoms with van der Waals surface area (Å²) in [5.41, 5.74) is 3.04. The molecule has 25 heavy (non-hydrogen) atoms. The van der Waals surface area contributed by atoms with Gasteiger partial charge in [0.05, 0.1) is 5.56 Å². The van der Waals surface area contributed by atoms with Crippen LogP contribution in [0.2, 0.25) is 0 Å². The zero-order chi connectivity index (χ0) is 17.1. The molecule has 3 rings (SSSR count). The number of carbonyl (C=O) groups is 1. The van der Waals surface area contributed by atoms with Crippen molar-refractivity contribution in [3.63, 3.8) is 0 Å². The van der Waals surface area contributed by atoms with Crippen molar-refractivity contribution in [2.75, 3.05) is 20.1 Å². The maximum Gasteiger partial charge on any atom is 0.256 e. The average molecular weight is 363 g/mol. The largest absolute Gasteiger partial charge is 0.339 e. The molecule has 1 aliphatic rings. The number of nitrogens with zero attached hydrogens (tertiary/aromatic N) is 1. The second kappa shape index (κ2) is 8.45. The summed E-state index contributed by atoms with van der Waals surface area (Å²) in [6.45, 7) is 3.82. The molecule has 3 nitrogen and oxygen atoms in total. The molecule has 0 unspecified atom stereocenters. The topological polar surface area (TPSA) is 32.3 Å². The van der Waals surface area contributed by atoms with E-state index in [0.717, 1.165) is 42.6 Å². The van der Waals surface area contributed by atoms with Crippen LogP contribution in [0.5, 0.6) is 0 Å². The summed E-state index contributed by atoms with van der Waals surface area (Å²) in [6, 6.07) is 13.0. The third-order valence-electron chi connectivity index (χ3n) is 4.76. The van der Waals surface area contributed by atoms with Crippen molar-refractivity contribution in [3.05, 3.63) is 59.4 Å². The zero-order valence-corrected chi connectivity index (χ0v) is 15.4. The number of amides is 1. The third-order valence-corrected chi connectivity index (χ3v) is 4.76. The van der Waals surface area contributed by atoms with Gasteiger partial charge in [-0.1, -0.05) is 35.9 Å². The molecule has 1 N–H and O–H groups in total. The van der Waals surface area contributed by atoms with Crippen LogP contribution in [-0.2, 0) is 0 Å². The molecule has 1 saturated heterocycles. The van der Waals surface area contributed by atoms with E-state index in [4.69, 9.17) is 0 Å². The van der Waals surface area contributed by atoms with Gasteiger partial charge < -0.3 is 10.2 Å². The fourth-order valence-corrected chi connectivity index (χ4v) is 3.16. The summed E-state index contributed by atoms with van der Waals surface area (Å²) in [4.78, 5) is 14.3. The minimum Gasteiger partial charge on any atom is -0.339 e. The number of hydrogen-bond donors (Lipinski definition) is 1. The van der Waals surface area contributed by atoms with Crippen LogP contribution in [0.1, 0.15) is 28.8 Å². The van der Waals surface area contributed by atoms with Crippen LogP contribution >= 0.6 is 12.4 Å². The molecule has 1 fully saturated rings. The SMILES string of the molecule is Cc1ccc(-c2ccc(C(=O)N(C)C3CCNCC3)c(F)c2)cc1.Cl. The molecule has 1 aliphatic heterocycles. The fourth-order valence-electron chi connectivity index (χ4n) is 3.16. The van der Waals surface area contributed by atoms with Gasteiger partial charge in [-0.15, -0.1) is 12.4 Å². The van der Waals surface area contributed by atoms with E-state index in [1.54, 1.807) is 18.0 Å². The lowest BCUT2D eigenvalue weighted by molar-refractivity contribution is 0.0698. The normalized spacial score (nSPS) is 14.7. The molecule has 2 aromatic rings. The van der Waals surface area contributed by atoms with Crippen molar-refractivity contribution in [2.45, 2.75) is 25.8 Å². The van der Waals surface area contributed by atoms with Gasteiger partial charge in [0.2, 0.25) is 0 Å². The van der Waals surface area contributed by atoms with Gasteiger partial charge in [0, 0.05) is 13.1 Å². The van der Waals surface area contributed by atoms with E-state index in [-0.39, 0.29) is 29.9 Å². The lowest BCUT2D eigenvalue weighted by Gasteiger charge is -2.31. The predicted molar refractivity (Wildman–Crippen MR) is 102 cm³/mol. The Hall–Kier alpha value is -1.91. The zero-order valence-electron chi connectivity index (χ0n) is 14.6. The number of halogens is 2. The van der Waals surface area contributed by atoms with E-state index in [0.29, 0.717) is 0 Å². The van der Waals surface area contributed by atoms with Crippen molar-refractivity contribution in [2.24, 2.45) is 0 Å². The Bertz CT molecular complexity index is 727. The highest BCUT2D eigenvalue weighted by atomic mass is 35.5. The highest BCUT2D eigenvalue weighted by molar-refractivity contribution is 5.95. The highest BCUT2D eigenvalue weighted by Gasteiger charge is 2.24. The van der Waals surface area contributed by atoms with Crippen molar-refractivity contribution in [1.82, 2.24) is 10.2 Å². The minimum atomic E-state index is -0.459. The highest BCUT2D eigenvalue weighted by Crippen LogP contribution is 2.24. The van der Waals surface area contributed by atoms with Crippen LogP contribution in [0.25, 0.3) is 11.1 Å². The summed E-state index contributed by atoms with van der Waals surface area (Å²) < 4.78 is 14.5. The van der Waals surface area contributed by atoms with Crippen LogP contribution in [0.4, 0.5) is 4.39 Å². The first-order chi connectivity index (χ1) is 11.6. The van der Waals surface area contributed by atoms with Crippen LogP contribution in [0.3, 0.4) is 0 Å². The smallest absolute Gasteiger partial charge is 0.256 e. The van der Waals surface area contributed by atoms with Gasteiger partial charge in [-0.25, -0.2) is 4.39 Å². The van der Waals surface area contributed by atoms with Gasteiger partial charge in [-0.05, 0) is 56.1 Å². The molecule has 0 atom stereocenters. The van der Waals surface area contributed by atoms with Gasteiger partial charge in [0.1, 0.15) is 5.82 Å². The lowest BCUT2D eigenvalue weighted by Crippen LogP contribution is -2.44.